The van der Waals surface area contributed by atoms with Crippen LogP contribution in [0.25, 0.3) is 11.0 Å². The number of imidazole rings is 1. The molecule has 3 heteroatoms. The van der Waals surface area contributed by atoms with E-state index in [-0.39, 0.29) is 0 Å². The van der Waals surface area contributed by atoms with Gasteiger partial charge in [0.15, 0.2) is 0 Å². The molecule has 1 N–H and O–H groups in total. The summed E-state index contributed by atoms with van der Waals surface area (Å²) in [5, 5.41) is 3.43. The molecule has 0 aliphatic carbocycles. The van der Waals surface area contributed by atoms with Crippen molar-refractivity contribution in [3.05, 3.63) is 54.1 Å². The summed E-state index contributed by atoms with van der Waals surface area (Å²) in [5.41, 5.74) is 4.52. The summed E-state index contributed by atoms with van der Waals surface area (Å²) in [7, 11) is 0. The number of hydrogen-bond acceptors (Lipinski definition) is 2. The standard InChI is InChI=1S/C16H17N3/c1-3-19-15-11-7-6-10-14(15)18-16(19)17-13-9-5-4-8-12(13)2/h4-11H,3H2,1-2H3,(H,17,18). The lowest BCUT2D eigenvalue weighted by Crippen LogP contribution is -2.02. The molecule has 3 rings (SSSR count). The number of para-hydroxylation sites is 3. The van der Waals surface area contributed by atoms with Gasteiger partial charge in [0.1, 0.15) is 0 Å². The predicted octanol–water partition coefficient (Wildman–Crippen LogP) is 4.11. The van der Waals surface area contributed by atoms with Crippen LogP contribution in [0.5, 0.6) is 0 Å². The first-order valence-corrected chi connectivity index (χ1v) is 6.57. The van der Waals surface area contributed by atoms with Gasteiger partial charge < -0.3 is 9.88 Å². The Bertz CT molecular complexity index is 713. The Kier molecular flexibility index (Phi) is 2.95. The van der Waals surface area contributed by atoms with E-state index in [1.165, 1.54) is 11.1 Å². The van der Waals surface area contributed by atoms with Crippen molar-refractivity contribution in [1.82, 2.24) is 9.55 Å². The normalized spacial score (nSPS) is 10.8. The summed E-state index contributed by atoms with van der Waals surface area (Å²) >= 11 is 0. The molecule has 0 atom stereocenters. The summed E-state index contributed by atoms with van der Waals surface area (Å²) < 4.78 is 2.20. The molecule has 0 aliphatic rings. The summed E-state index contributed by atoms with van der Waals surface area (Å²) in [6.45, 7) is 5.13. The number of fused-ring (bicyclic) bond motifs is 1. The quantitative estimate of drug-likeness (QED) is 0.759. The number of nitrogens with one attached hydrogen (secondary N) is 1. The number of rotatable bonds is 3. The number of aryl methyl sites for hydroxylation is 2. The molecule has 0 radical (unpaired) electrons. The van der Waals surface area contributed by atoms with Gasteiger partial charge in [-0.1, -0.05) is 30.3 Å². The Morgan fingerprint density at radius 2 is 1.79 bits per heavy atom. The van der Waals surface area contributed by atoms with Crippen LogP contribution < -0.4 is 5.32 Å². The third-order valence-electron chi connectivity index (χ3n) is 3.36. The maximum Gasteiger partial charge on any atom is 0.208 e. The molecule has 19 heavy (non-hydrogen) atoms. The van der Waals surface area contributed by atoms with Gasteiger partial charge in [0.05, 0.1) is 11.0 Å². The Labute approximate surface area is 112 Å². The first-order chi connectivity index (χ1) is 9.29. The second-order valence-electron chi connectivity index (χ2n) is 4.61. The van der Waals surface area contributed by atoms with Gasteiger partial charge in [-0.15, -0.1) is 0 Å². The zero-order valence-corrected chi connectivity index (χ0v) is 11.2. The minimum atomic E-state index is 0.898. The fourth-order valence-corrected chi connectivity index (χ4v) is 2.32. The molecule has 3 aromatic rings. The Balaban J connectivity index is 2.08. The molecular formula is C16H17N3. The number of benzene rings is 2. The zero-order valence-electron chi connectivity index (χ0n) is 11.2. The van der Waals surface area contributed by atoms with Crippen molar-refractivity contribution in [2.45, 2.75) is 20.4 Å². The Morgan fingerprint density at radius 3 is 2.58 bits per heavy atom. The van der Waals surface area contributed by atoms with Crippen LogP contribution in [0.1, 0.15) is 12.5 Å². The lowest BCUT2D eigenvalue weighted by molar-refractivity contribution is 0.797. The molecule has 0 saturated carbocycles. The van der Waals surface area contributed by atoms with Crippen LogP contribution in [0, 0.1) is 6.92 Å². The molecule has 0 amide bonds. The summed E-state index contributed by atoms with van der Waals surface area (Å²) in [6, 6.07) is 16.5. The maximum atomic E-state index is 4.67. The topological polar surface area (TPSA) is 29.9 Å². The van der Waals surface area contributed by atoms with Gasteiger partial charge >= 0.3 is 0 Å². The number of nitrogens with zero attached hydrogens (tertiary/aromatic N) is 2. The zero-order chi connectivity index (χ0) is 13.2. The van der Waals surface area contributed by atoms with Crippen molar-refractivity contribution in [2.24, 2.45) is 0 Å². The second kappa shape index (κ2) is 4.76. The van der Waals surface area contributed by atoms with Crippen LogP contribution in [0.3, 0.4) is 0 Å². The third-order valence-corrected chi connectivity index (χ3v) is 3.36. The van der Waals surface area contributed by atoms with Crippen LogP contribution in [0.4, 0.5) is 11.6 Å². The fraction of sp³-hybridized carbons (Fsp3) is 0.188. The van der Waals surface area contributed by atoms with Gasteiger partial charge in [0, 0.05) is 12.2 Å². The number of anilines is 2. The highest BCUT2D eigenvalue weighted by atomic mass is 15.2. The molecule has 0 spiro atoms. The molecule has 96 valence electrons. The molecule has 0 aliphatic heterocycles. The van der Waals surface area contributed by atoms with Crippen molar-refractivity contribution in [1.29, 1.82) is 0 Å². The first-order valence-electron chi connectivity index (χ1n) is 6.57. The molecule has 1 heterocycles. The highest BCUT2D eigenvalue weighted by Gasteiger charge is 2.09. The molecular weight excluding hydrogens is 234 g/mol. The molecule has 1 aromatic heterocycles. The number of aromatic nitrogens is 2. The minimum Gasteiger partial charge on any atom is -0.325 e. The van der Waals surface area contributed by atoms with Crippen molar-refractivity contribution in [2.75, 3.05) is 5.32 Å². The van der Waals surface area contributed by atoms with Crippen molar-refractivity contribution >= 4 is 22.7 Å². The van der Waals surface area contributed by atoms with Gasteiger partial charge in [0.25, 0.3) is 0 Å². The monoisotopic (exact) mass is 251 g/mol. The minimum absolute atomic E-state index is 0.898. The van der Waals surface area contributed by atoms with E-state index in [0.717, 1.165) is 23.7 Å². The van der Waals surface area contributed by atoms with E-state index in [1.54, 1.807) is 0 Å². The smallest absolute Gasteiger partial charge is 0.208 e. The van der Waals surface area contributed by atoms with Gasteiger partial charge in [0.2, 0.25) is 5.95 Å². The van der Waals surface area contributed by atoms with E-state index in [9.17, 15) is 0 Å². The first kappa shape index (κ1) is 11.8. The summed E-state index contributed by atoms with van der Waals surface area (Å²) in [5.74, 6) is 0.901. The maximum absolute atomic E-state index is 4.67. The summed E-state index contributed by atoms with van der Waals surface area (Å²) in [4.78, 5) is 4.67. The van der Waals surface area contributed by atoms with Gasteiger partial charge in [-0.3, -0.25) is 0 Å². The van der Waals surface area contributed by atoms with Crippen molar-refractivity contribution in [3.63, 3.8) is 0 Å². The average Bonchev–Trinajstić information content (AvgIpc) is 2.78. The Morgan fingerprint density at radius 1 is 1.05 bits per heavy atom. The third kappa shape index (κ3) is 2.08. The van der Waals surface area contributed by atoms with Crippen molar-refractivity contribution < 1.29 is 0 Å². The largest absolute Gasteiger partial charge is 0.325 e. The Hall–Kier alpha value is -2.29. The van der Waals surface area contributed by atoms with Crippen LogP contribution in [0.15, 0.2) is 48.5 Å². The number of hydrogen-bond donors (Lipinski definition) is 1. The lowest BCUT2D eigenvalue weighted by Gasteiger charge is -2.10. The highest BCUT2D eigenvalue weighted by molar-refractivity contribution is 5.79. The van der Waals surface area contributed by atoms with Crippen molar-refractivity contribution in [3.8, 4) is 0 Å². The molecule has 0 unspecified atom stereocenters. The second-order valence-corrected chi connectivity index (χ2v) is 4.61. The van der Waals surface area contributed by atoms with Crippen LogP contribution in [-0.2, 0) is 6.54 Å². The summed E-state index contributed by atoms with van der Waals surface area (Å²) in [6.07, 6.45) is 0. The van der Waals surface area contributed by atoms with Gasteiger partial charge in [-0.05, 0) is 37.6 Å². The van der Waals surface area contributed by atoms with E-state index in [4.69, 9.17) is 0 Å². The highest BCUT2D eigenvalue weighted by Crippen LogP contribution is 2.24. The van der Waals surface area contributed by atoms with Crippen LogP contribution in [0.2, 0.25) is 0 Å². The van der Waals surface area contributed by atoms with Crippen LogP contribution >= 0.6 is 0 Å². The molecule has 3 nitrogen and oxygen atoms in total. The lowest BCUT2D eigenvalue weighted by atomic mass is 10.2. The van der Waals surface area contributed by atoms with E-state index in [2.05, 4.69) is 46.9 Å². The molecule has 0 saturated heterocycles. The van der Waals surface area contributed by atoms with Crippen LogP contribution in [-0.4, -0.2) is 9.55 Å². The SMILES string of the molecule is CCn1c(Nc2ccccc2C)nc2ccccc21. The average molecular weight is 251 g/mol. The van der Waals surface area contributed by atoms with E-state index < -0.39 is 0 Å². The van der Waals surface area contributed by atoms with E-state index in [1.807, 2.05) is 30.3 Å². The molecule has 0 bridgehead atoms. The van der Waals surface area contributed by atoms with Gasteiger partial charge in [-0.25, -0.2) is 4.98 Å². The molecule has 2 aromatic carbocycles. The predicted molar refractivity (Wildman–Crippen MR) is 79.9 cm³/mol. The van der Waals surface area contributed by atoms with Gasteiger partial charge in [-0.2, -0.15) is 0 Å². The van der Waals surface area contributed by atoms with E-state index in [0.29, 0.717) is 0 Å². The van der Waals surface area contributed by atoms with E-state index >= 15 is 0 Å². The fourth-order valence-electron chi connectivity index (χ4n) is 2.32. The molecule has 0 fully saturated rings.